The molecule has 2 fully saturated rings. The molecular formula is C31H34ClF3N4O2. The Morgan fingerprint density at radius 1 is 1.12 bits per heavy atom. The first-order valence-electron chi connectivity index (χ1n) is 13.9. The summed E-state index contributed by atoms with van der Waals surface area (Å²) in [6.45, 7) is 5.10. The molecule has 1 N–H and O–H groups in total. The smallest absolute Gasteiger partial charge is 0.416 e. The number of likely N-dealkylation sites (tertiary alicyclic amines) is 1. The predicted octanol–water partition coefficient (Wildman–Crippen LogP) is 6.18. The molecule has 5 rings (SSSR count). The van der Waals surface area contributed by atoms with Crippen LogP contribution in [-0.2, 0) is 16.4 Å². The lowest BCUT2D eigenvalue weighted by Gasteiger charge is -2.42. The van der Waals surface area contributed by atoms with Crippen molar-refractivity contribution in [2.45, 2.75) is 43.8 Å². The number of hydrogen-bond acceptors (Lipinski definition) is 5. The summed E-state index contributed by atoms with van der Waals surface area (Å²) in [5.41, 5.74) is 1.36. The van der Waals surface area contributed by atoms with Gasteiger partial charge in [0.2, 0.25) is 5.91 Å². The van der Waals surface area contributed by atoms with E-state index in [9.17, 15) is 18.0 Å². The Bertz CT molecular complexity index is 1370. The first-order valence-corrected chi connectivity index (χ1v) is 14.3. The molecule has 1 atom stereocenters. The quantitative estimate of drug-likeness (QED) is 0.358. The van der Waals surface area contributed by atoms with Gasteiger partial charge in [-0.3, -0.25) is 9.78 Å². The number of ether oxygens (including phenoxy) is 1. The number of nitrogens with one attached hydrogen (secondary N) is 1. The van der Waals surface area contributed by atoms with E-state index in [2.05, 4.69) is 10.2 Å². The number of anilines is 1. The highest BCUT2D eigenvalue weighted by molar-refractivity contribution is 6.33. The minimum Gasteiger partial charge on any atom is -0.493 e. The standard InChI is InChI=1S/C31H34ClF3N4O2/c1-3-41-28-7-5-4-6-24(28)26-10-8-22(19-36-26)30(29(40)37-23-12-15-38(2)20-23)13-16-39(17-14-30)27-11-9-21(18-25(27)32)31(33,34)35/h4-11,18-19,23H,3,12-17,20H2,1-2H3,(H,37,40)/t23-/m0/s1. The second-order valence-electron chi connectivity index (χ2n) is 10.8. The van der Waals surface area contributed by atoms with Crippen molar-refractivity contribution in [1.82, 2.24) is 15.2 Å². The Kier molecular flexibility index (Phi) is 8.47. The molecule has 2 aliphatic heterocycles. The molecule has 218 valence electrons. The van der Waals surface area contributed by atoms with Crippen molar-refractivity contribution in [3.63, 3.8) is 0 Å². The second-order valence-corrected chi connectivity index (χ2v) is 11.2. The number of piperidine rings is 1. The van der Waals surface area contributed by atoms with Gasteiger partial charge in [-0.05, 0) is 81.7 Å². The zero-order valence-electron chi connectivity index (χ0n) is 23.2. The van der Waals surface area contributed by atoms with E-state index in [1.54, 1.807) is 6.20 Å². The first kappa shape index (κ1) is 29.2. The van der Waals surface area contributed by atoms with Crippen LogP contribution in [0.5, 0.6) is 5.75 Å². The minimum atomic E-state index is -4.46. The molecule has 6 nitrogen and oxygen atoms in total. The molecule has 0 radical (unpaired) electrons. The molecule has 2 aliphatic rings. The molecule has 0 saturated carbocycles. The Hall–Kier alpha value is -3.30. The van der Waals surface area contributed by atoms with E-state index < -0.39 is 17.2 Å². The van der Waals surface area contributed by atoms with Crippen molar-refractivity contribution in [3.05, 3.63) is 76.9 Å². The van der Waals surface area contributed by atoms with Crippen molar-refractivity contribution < 1.29 is 22.7 Å². The highest BCUT2D eigenvalue weighted by atomic mass is 35.5. The van der Waals surface area contributed by atoms with Gasteiger partial charge in [0.15, 0.2) is 0 Å². The highest BCUT2D eigenvalue weighted by Gasteiger charge is 2.44. The average Bonchev–Trinajstić information content (AvgIpc) is 3.37. The Labute approximate surface area is 243 Å². The van der Waals surface area contributed by atoms with E-state index in [4.69, 9.17) is 21.3 Å². The maximum absolute atomic E-state index is 14.0. The molecule has 41 heavy (non-hydrogen) atoms. The number of pyridine rings is 1. The fourth-order valence-corrected chi connectivity index (χ4v) is 6.19. The van der Waals surface area contributed by atoms with Crippen LogP contribution in [0, 0.1) is 0 Å². The van der Waals surface area contributed by atoms with E-state index >= 15 is 0 Å². The maximum atomic E-state index is 14.0. The van der Waals surface area contributed by atoms with Crippen LogP contribution >= 0.6 is 11.6 Å². The number of carbonyl (C=O) groups is 1. The number of aromatic nitrogens is 1. The topological polar surface area (TPSA) is 57.7 Å². The van der Waals surface area contributed by atoms with Gasteiger partial charge < -0.3 is 19.9 Å². The number of hydrogen-bond donors (Lipinski definition) is 1. The first-order chi connectivity index (χ1) is 19.6. The predicted molar refractivity (Wildman–Crippen MR) is 154 cm³/mol. The zero-order chi connectivity index (χ0) is 29.2. The van der Waals surface area contributed by atoms with E-state index in [-0.39, 0.29) is 17.0 Å². The summed E-state index contributed by atoms with van der Waals surface area (Å²) in [6, 6.07) is 15.1. The van der Waals surface area contributed by atoms with Gasteiger partial charge in [-0.15, -0.1) is 0 Å². The third-order valence-electron chi connectivity index (χ3n) is 8.17. The summed E-state index contributed by atoms with van der Waals surface area (Å²) in [5.74, 6) is 0.704. The number of nitrogens with zero attached hydrogens (tertiary/aromatic N) is 3. The van der Waals surface area contributed by atoms with Crippen molar-refractivity contribution in [2.75, 3.05) is 44.7 Å². The van der Waals surface area contributed by atoms with Crippen molar-refractivity contribution in [1.29, 1.82) is 0 Å². The van der Waals surface area contributed by atoms with Crippen LogP contribution in [0.1, 0.15) is 37.3 Å². The van der Waals surface area contributed by atoms with Crippen molar-refractivity contribution in [2.24, 2.45) is 0 Å². The van der Waals surface area contributed by atoms with Gasteiger partial charge in [-0.1, -0.05) is 29.8 Å². The lowest BCUT2D eigenvalue weighted by atomic mass is 9.72. The van der Waals surface area contributed by atoms with Gasteiger partial charge in [-0.25, -0.2) is 0 Å². The number of para-hydroxylation sites is 1. The summed E-state index contributed by atoms with van der Waals surface area (Å²) < 4.78 is 45.3. The summed E-state index contributed by atoms with van der Waals surface area (Å²) >= 11 is 6.31. The fraction of sp³-hybridized carbons (Fsp3) is 0.419. The Morgan fingerprint density at radius 3 is 2.49 bits per heavy atom. The van der Waals surface area contributed by atoms with Crippen LogP contribution < -0.4 is 15.0 Å². The van der Waals surface area contributed by atoms with Crippen LogP contribution in [0.25, 0.3) is 11.3 Å². The third kappa shape index (κ3) is 6.16. The van der Waals surface area contributed by atoms with Gasteiger partial charge in [0.25, 0.3) is 0 Å². The van der Waals surface area contributed by atoms with Crippen LogP contribution in [-0.4, -0.2) is 61.7 Å². The summed E-state index contributed by atoms with van der Waals surface area (Å²) in [7, 11) is 2.04. The molecule has 10 heteroatoms. The number of likely N-dealkylation sites (N-methyl/N-ethyl adjacent to an activating group) is 1. The van der Waals surface area contributed by atoms with E-state index in [0.717, 1.165) is 54.2 Å². The number of alkyl halides is 3. The minimum absolute atomic E-state index is 0.0415. The molecule has 3 heterocycles. The van der Waals surface area contributed by atoms with Crippen LogP contribution in [0.4, 0.5) is 18.9 Å². The summed E-state index contributed by atoms with van der Waals surface area (Å²) in [4.78, 5) is 22.9. The monoisotopic (exact) mass is 586 g/mol. The fourth-order valence-electron chi connectivity index (χ4n) is 5.89. The number of rotatable bonds is 7. The molecule has 0 bridgehead atoms. The van der Waals surface area contributed by atoms with Gasteiger partial charge in [-0.2, -0.15) is 13.2 Å². The van der Waals surface area contributed by atoms with Gasteiger partial charge in [0.1, 0.15) is 5.75 Å². The van der Waals surface area contributed by atoms with Crippen LogP contribution in [0.2, 0.25) is 5.02 Å². The number of benzene rings is 2. The second kappa shape index (κ2) is 11.9. The molecule has 1 amide bonds. The summed E-state index contributed by atoms with van der Waals surface area (Å²) in [6.07, 6.45) is -0.866. The normalized spacial score (nSPS) is 19.3. The van der Waals surface area contributed by atoms with E-state index in [1.807, 2.05) is 55.3 Å². The lowest BCUT2D eigenvalue weighted by Crippen LogP contribution is -2.54. The SMILES string of the molecule is CCOc1ccccc1-c1ccc(C2(C(=O)N[C@H]3CCN(C)C3)CCN(c3ccc(C(F)(F)F)cc3Cl)CC2)cn1. The van der Waals surface area contributed by atoms with Crippen molar-refractivity contribution >= 4 is 23.2 Å². The van der Waals surface area contributed by atoms with E-state index in [0.29, 0.717) is 38.2 Å². The lowest BCUT2D eigenvalue weighted by molar-refractivity contribution is -0.137. The molecule has 1 aromatic heterocycles. The third-order valence-corrected chi connectivity index (χ3v) is 8.48. The van der Waals surface area contributed by atoms with Gasteiger partial charge in [0, 0.05) is 37.4 Å². The molecule has 3 aromatic rings. The molecular weight excluding hydrogens is 553 g/mol. The maximum Gasteiger partial charge on any atom is 0.416 e. The largest absolute Gasteiger partial charge is 0.493 e. The number of amides is 1. The summed E-state index contributed by atoms with van der Waals surface area (Å²) in [5, 5.41) is 3.33. The number of halogens is 4. The van der Waals surface area contributed by atoms with Gasteiger partial charge in [0.05, 0.1) is 34.0 Å². The number of carbonyl (C=O) groups excluding carboxylic acids is 1. The average molecular weight is 587 g/mol. The van der Waals surface area contributed by atoms with Crippen LogP contribution in [0.3, 0.4) is 0 Å². The molecule has 0 aliphatic carbocycles. The Morgan fingerprint density at radius 2 is 1.88 bits per heavy atom. The van der Waals surface area contributed by atoms with E-state index in [1.165, 1.54) is 6.07 Å². The zero-order valence-corrected chi connectivity index (χ0v) is 23.9. The molecule has 2 saturated heterocycles. The highest BCUT2D eigenvalue weighted by Crippen LogP contribution is 2.41. The Balaban J connectivity index is 1.42. The van der Waals surface area contributed by atoms with Crippen molar-refractivity contribution in [3.8, 4) is 17.0 Å². The molecule has 2 aromatic carbocycles. The van der Waals surface area contributed by atoms with Crippen LogP contribution in [0.15, 0.2) is 60.8 Å². The molecule has 0 unspecified atom stereocenters. The van der Waals surface area contributed by atoms with Gasteiger partial charge >= 0.3 is 6.18 Å². The molecule has 0 spiro atoms.